The lowest BCUT2D eigenvalue weighted by molar-refractivity contribution is 0.241. The molecule has 0 fully saturated rings. The molecule has 1 unspecified atom stereocenters. The number of rotatable bonds is 8. The van der Waals surface area contributed by atoms with Crippen molar-refractivity contribution in [1.29, 1.82) is 0 Å². The van der Waals surface area contributed by atoms with E-state index in [4.69, 9.17) is 21.4 Å². The number of likely N-dealkylation sites (N-methyl/N-ethyl adjacent to an activating group) is 1. The fraction of sp³-hybridized carbons (Fsp3) is 0.562. The van der Waals surface area contributed by atoms with Crippen LogP contribution in [0.1, 0.15) is 13.8 Å². The maximum absolute atomic E-state index is 9.07. The third-order valence-corrected chi connectivity index (χ3v) is 3.29. The maximum atomic E-state index is 9.07. The monoisotopic (exact) mass is 455 g/mol. The summed E-state index contributed by atoms with van der Waals surface area (Å²) in [7, 11) is 1.96. The van der Waals surface area contributed by atoms with Gasteiger partial charge in [-0.15, -0.1) is 24.0 Å². The number of hydrogen-bond donors (Lipinski definition) is 2. The largest absolute Gasteiger partial charge is 0.492 e. The van der Waals surface area contributed by atoms with E-state index in [-0.39, 0.29) is 36.5 Å². The van der Waals surface area contributed by atoms with Gasteiger partial charge in [0, 0.05) is 31.8 Å². The molecule has 0 aliphatic carbocycles. The highest BCUT2D eigenvalue weighted by atomic mass is 127. The van der Waals surface area contributed by atoms with E-state index < -0.39 is 0 Å². The number of aliphatic imine (C=N–C) groups is 1. The first-order valence-corrected chi connectivity index (χ1v) is 7.93. The zero-order chi connectivity index (χ0) is 16.4. The van der Waals surface area contributed by atoms with Gasteiger partial charge in [0.15, 0.2) is 5.96 Å². The van der Waals surface area contributed by atoms with Crippen LogP contribution in [0.4, 0.5) is 0 Å². The molecule has 0 heterocycles. The summed E-state index contributed by atoms with van der Waals surface area (Å²) in [5.74, 6) is 1.74. The molecule has 0 aliphatic heterocycles. The van der Waals surface area contributed by atoms with Gasteiger partial charge in [0.1, 0.15) is 12.4 Å². The molecule has 7 heteroatoms. The van der Waals surface area contributed by atoms with Crippen LogP contribution in [-0.4, -0.2) is 55.9 Å². The van der Waals surface area contributed by atoms with E-state index in [1.165, 1.54) is 0 Å². The Morgan fingerprint density at radius 3 is 2.83 bits per heavy atom. The number of hydrogen-bond acceptors (Lipinski definition) is 3. The van der Waals surface area contributed by atoms with Crippen molar-refractivity contribution in [1.82, 2.24) is 10.2 Å². The standard InChI is InChI=1S/C16H26ClN3O2.HI/c1-4-18-16(19-11-13(2)12-21)20(3)8-9-22-15-7-5-6-14(17)10-15;/h5-7,10,13,21H,4,8-9,11-12H2,1-3H3,(H,18,19);1H. The SMILES string of the molecule is CCNC(=NCC(C)CO)N(C)CCOc1cccc(Cl)c1.I. The van der Waals surface area contributed by atoms with E-state index in [0.717, 1.165) is 18.3 Å². The van der Waals surface area contributed by atoms with E-state index in [2.05, 4.69) is 10.3 Å². The maximum Gasteiger partial charge on any atom is 0.193 e. The second-order valence-electron chi connectivity index (χ2n) is 5.21. The first-order valence-electron chi connectivity index (χ1n) is 7.55. The quantitative estimate of drug-likeness (QED) is 0.360. The van der Waals surface area contributed by atoms with Crippen LogP contribution < -0.4 is 10.1 Å². The highest BCUT2D eigenvalue weighted by molar-refractivity contribution is 14.0. The smallest absolute Gasteiger partial charge is 0.193 e. The van der Waals surface area contributed by atoms with Crippen LogP contribution in [0.2, 0.25) is 5.02 Å². The molecule has 1 aromatic carbocycles. The molecule has 5 nitrogen and oxygen atoms in total. The summed E-state index contributed by atoms with van der Waals surface area (Å²) < 4.78 is 5.68. The Kier molecular flexibility index (Phi) is 12.3. The highest BCUT2D eigenvalue weighted by Gasteiger charge is 2.07. The summed E-state index contributed by atoms with van der Waals surface area (Å²) in [6.07, 6.45) is 0. The van der Waals surface area contributed by atoms with Gasteiger partial charge in [-0.05, 0) is 31.0 Å². The van der Waals surface area contributed by atoms with Gasteiger partial charge in [-0.2, -0.15) is 0 Å². The summed E-state index contributed by atoms with van der Waals surface area (Å²) in [6.45, 7) is 6.77. The normalized spacial score (nSPS) is 12.3. The molecule has 2 N–H and O–H groups in total. The fourth-order valence-electron chi connectivity index (χ4n) is 1.73. The molecule has 0 spiro atoms. The third-order valence-electron chi connectivity index (χ3n) is 3.05. The van der Waals surface area contributed by atoms with Gasteiger partial charge in [-0.25, -0.2) is 0 Å². The molecular formula is C16H27ClIN3O2. The van der Waals surface area contributed by atoms with Gasteiger partial charge in [0.05, 0.1) is 6.54 Å². The minimum atomic E-state index is 0. The molecular weight excluding hydrogens is 429 g/mol. The molecule has 23 heavy (non-hydrogen) atoms. The van der Waals surface area contributed by atoms with Crippen molar-refractivity contribution in [3.8, 4) is 5.75 Å². The average molecular weight is 456 g/mol. The zero-order valence-corrected chi connectivity index (χ0v) is 17.0. The average Bonchev–Trinajstić information content (AvgIpc) is 2.51. The number of nitrogens with one attached hydrogen (secondary N) is 1. The van der Waals surface area contributed by atoms with E-state index in [1.807, 2.05) is 44.0 Å². The number of nitrogens with zero attached hydrogens (tertiary/aromatic N) is 2. The predicted octanol–water partition coefficient (Wildman–Crippen LogP) is 2.86. The van der Waals surface area contributed by atoms with Crippen LogP contribution >= 0.6 is 35.6 Å². The molecule has 0 aromatic heterocycles. The summed E-state index contributed by atoms with van der Waals surface area (Å²) in [5, 5.41) is 13.0. The van der Waals surface area contributed by atoms with Gasteiger partial charge in [-0.3, -0.25) is 4.99 Å². The molecule has 0 bridgehead atoms. The molecule has 0 radical (unpaired) electrons. The number of benzene rings is 1. The van der Waals surface area contributed by atoms with Crippen LogP contribution in [0.25, 0.3) is 0 Å². The summed E-state index contributed by atoms with van der Waals surface area (Å²) >= 11 is 5.92. The minimum Gasteiger partial charge on any atom is -0.492 e. The first kappa shape index (κ1) is 22.3. The van der Waals surface area contributed by atoms with Gasteiger partial charge in [0.25, 0.3) is 0 Å². The summed E-state index contributed by atoms with van der Waals surface area (Å²) in [5.41, 5.74) is 0. The minimum absolute atomic E-state index is 0. The second kappa shape index (κ2) is 12.7. The van der Waals surface area contributed by atoms with Crippen molar-refractivity contribution in [3.05, 3.63) is 29.3 Å². The van der Waals surface area contributed by atoms with Gasteiger partial charge < -0.3 is 20.1 Å². The Hall–Kier alpha value is -0.730. The van der Waals surface area contributed by atoms with Gasteiger partial charge in [0.2, 0.25) is 0 Å². The highest BCUT2D eigenvalue weighted by Crippen LogP contribution is 2.16. The Morgan fingerprint density at radius 1 is 1.48 bits per heavy atom. The molecule has 0 saturated heterocycles. The topological polar surface area (TPSA) is 57.1 Å². The van der Waals surface area contributed by atoms with Crippen molar-refractivity contribution < 1.29 is 9.84 Å². The molecule has 1 aromatic rings. The molecule has 1 atom stereocenters. The second-order valence-corrected chi connectivity index (χ2v) is 5.65. The molecule has 0 aliphatic rings. The lowest BCUT2D eigenvalue weighted by Gasteiger charge is -2.22. The predicted molar refractivity (Wildman–Crippen MR) is 107 cm³/mol. The van der Waals surface area contributed by atoms with Crippen molar-refractivity contribution in [2.75, 3.05) is 39.9 Å². The Balaban J connectivity index is 0.00000484. The van der Waals surface area contributed by atoms with Crippen LogP contribution in [0.3, 0.4) is 0 Å². The molecule has 1 rings (SSSR count). The van der Waals surface area contributed by atoms with Crippen LogP contribution in [-0.2, 0) is 0 Å². The van der Waals surface area contributed by atoms with Crippen molar-refractivity contribution in [3.63, 3.8) is 0 Å². The van der Waals surface area contributed by atoms with E-state index in [1.54, 1.807) is 6.07 Å². The molecule has 0 saturated carbocycles. The summed E-state index contributed by atoms with van der Waals surface area (Å²) in [4.78, 5) is 6.53. The fourth-order valence-corrected chi connectivity index (χ4v) is 1.91. The third kappa shape index (κ3) is 9.22. The van der Waals surface area contributed by atoms with Crippen molar-refractivity contribution in [2.24, 2.45) is 10.9 Å². The van der Waals surface area contributed by atoms with Crippen LogP contribution in [0.15, 0.2) is 29.3 Å². The lowest BCUT2D eigenvalue weighted by Crippen LogP contribution is -2.41. The Bertz CT molecular complexity index is 474. The lowest BCUT2D eigenvalue weighted by atomic mass is 10.2. The molecule has 0 amide bonds. The first-order chi connectivity index (χ1) is 10.6. The van der Waals surface area contributed by atoms with E-state index in [9.17, 15) is 0 Å². The van der Waals surface area contributed by atoms with E-state index >= 15 is 0 Å². The number of ether oxygens (including phenoxy) is 1. The Morgan fingerprint density at radius 2 is 2.22 bits per heavy atom. The van der Waals surface area contributed by atoms with Crippen molar-refractivity contribution >= 4 is 41.5 Å². The number of guanidine groups is 1. The number of aliphatic hydroxyl groups excluding tert-OH is 1. The van der Waals surface area contributed by atoms with Crippen LogP contribution in [0, 0.1) is 5.92 Å². The number of halogens is 2. The van der Waals surface area contributed by atoms with Crippen LogP contribution in [0.5, 0.6) is 5.75 Å². The van der Waals surface area contributed by atoms with Crippen molar-refractivity contribution in [2.45, 2.75) is 13.8 Å². The Labute approximate surface area is 161 Å². The number of aliphatic hydroxyl groups is 1. The zero-order valence-electron chi connectivity index (χ0n) is 14.0. The van der Waals surface area contributed by atoms with Gasteiger partial charge in [-0.1, -0.05) is 24.6 Å². The molecule has 132 valence electrons. The summed E-state index contributed by atoms with van der Waals surface area (Å²) in [6, 6.07) is 7.36. The van der Waals surface area contributed by atoms with Gasteiger partial charge >= 0.3 is 0 Å². The van der Waals surface area contributed by atoms with E-state index in [0.29, 0.717) is 24.7 Å².